The number of nitrogens with zero attached hydrogens (tertiary/aromatic N) is 2. The molecule has 2 aliphatic carbocycles. The molecule has 9 heteroatoms. The largest absolute Gasteiger partial charge is 0.456 e. The Morgan fingerprint density at radius 1 is 1.16 bits per heavy atom. The molecule has 38 heavy (non-hydrogen) atoms. The van der Waals surface area contributed by atoms with Gasteiger partial charge in [0.15, 0.2) is 17.5 Å². The van der Waals surface area contributed by atoms with Crippen LogP contribution in [0.3, 0.4) is 0 Å². The number of carbonyl (C=O) groups excluding carboxylic acids is 2. The van der Waals surface area contributed by atoms with Gasteiger partial charge in [0.2, 0.25) is 0 Å². The Morgan fingerprint density at radius 2 is 1.79 bits per heavy atom. The first-order valence-electron chi connectivity index (χ1n) is 14.1. The van der Waals surface area contributed by atoms with Gasteiger partial charge in [0.1, 0.15) is 5.60 Å². The van der Waals surface area contributed by atoms with E-state index < -0.39 is 63.6 Å². The summed E-state index contributed by atoms with van der Waals surface area (Å²) in [5.74, 6) is -1.73. The number of esters is 1. The molecule has 4 fully saturated rings. The molecule has 0 aromatic carbocycles. The van der Waals surface area contributed by atoms with Crippen molar-refractivity contribution in [1.29, 1.82) is 0 Å². The summed E-state index contributed by atoms with van der Waals surface area (Å²) in [6.45, 7) is 17.3. The summed E-state index contributed by atoms with van der Waals surface area (Å²) in [5, 5.41) is 35.7. The highest BCUT2D eigenvalue weighted by atomic mass is 16.6. The molecule has 4 rings (SSSR count). The zero-order valence-corrected chi connectivity index (χ0v) is 24.0. The summed E-state index contributed by atoms with van der Waals surface area (Å²) >= 11 is 0. The average Bonchev–Trinajstić information content (AvgIpc) is 2.83. The van der Waals surface area contributed by atoms with Gasteiger partial charge in [-0.1, -0.05) is 26.8 Å². The fourth-order valence-corrected chi connectivity index (χ4v) is 8.20. The molecule has 2 heterocycles. The standard InChI is InChI=1S/C29H48N2O7/c1-8-26(4)18-20(33)29(36)27(5)19(32)11-12-25(2,3)23(27)22(35)24(28(29,6)38-26)37-21(34)10-9-13-31-16-14-30(7)15-17-31/h8,19,22-24,32,35-36H,1,9-18H2,2-7H3/t19-,22-,23-,24-,26-,27-,28+,29-/m0/s1. The van der Waals surface area contributed by atoms with E-state index in [4.69, 9.17) is 9.47 Å². The number of ketones is 1. The second-order valence-corrected chi connectivity index (χ2v) is 13.5. The summed E-state index contributed by atoms with van der Waals surface area (Å²) in [4.78, 5) is 31.7. The van der Waals surface area contributed by atoms with E-state index in [2.05, 4.69) is 23.4 Å². The number of piperazine rings is 1. The van der Waals surface area contributed by atoms with Gasteiger partial charge in [-0.3, -0.25) is 9.59 Å². The minimum Gasteiger partial charge on any atom is -0.456 e. The van der Waals surface area contributed by atoms with Crippen LogP contribution in [-0.4, -0.2) is 112 Å². The summed E-state index contributed by atoms with van der Waals surface area (Å²) < 4.78 is 12.4. The molecule has 0 unspecified atom stereocenters. The minimum absolute atomic E-state index is 0.139. The van der Waals surface area contributed by atoms with Crippen LogP contribution in [0, 0.1) is 16.7 Å². The van der Waals surface area contributed by atoms with Gasteiger partial charge in [0, 0.05) is 50.4 Å². The van der Waals surface area contributed by atoms with E-state index in [1.165, 1.54) is 13.0 Å². The van der Waals surface area contributed by atoms with Crippen LogP contribution in [0.1, 0.15) is 66.7 Å². The van der Waals surface area contributed by atoms with Crippen molar-refractivity contribution in [3.8, 4) is 0 Å². The van der Waals surface area contributed by atoms with Crippen molar-refractivity contribution in [2.45, 2.75) is 102 Å². The van der Waals surface area contributed by atoms with Crippen molar-refractivity contribution in [3.05, 3.63) is 12.7 Å². The average molecular weight is 537 g/mol. The molecule has 0 aromatic heterocycles. The molecule has 2 saturated heterocycles. The van der Waals surface area contributed by atoms with Crippen molar-refractivity contribution in [2.75, 3.05) is 39.8 Å². The lowest BCUT2D eigenvalue weighted by Crippen LogP contribution is -2.86. The van der Waals surface area contributed by atoms with Gasteiger partial charge in [0.05, 0.1) is 17.8 Å². The second-order valence-electron chi connectivity index (χ2n) is 13.5. The lowest BCUT2D eigenvalue weighted by molar-refractivity contribution is -0.370. The Bertz CT molecular complexity index is 949. The third kappa shape index (κ3) is 4.38. The topological polar surface area (TPSA) is 120 Å². The summed E-state index contributed by atoms with van der Waals surface area (Å²) in [7, 11) is 2.10. The predicted octanol–water partition coefficient (Wildman–Crippen LogP) is 1.53. The van der Waals surface area contributed by atoms with Crippen LogP contribution < -0.4 is 0 Å². The highest BCUT2D eigenvalue weighted by Gasteiger charge is 2.81. The molecule has 0 radical (unpaired) electrons. The molecule has 0 bridgehead atoms. The van der Waals surface area contributed by atoms with E-state index in [0.29, 0.717) is 19.3 Å². The first-order chi connectivity index (χ1) is 17.6. The van der Waals surface area contributed by atoms with Crippen molar-refractivity contribution >= 4 is 11.8 Å². The molecule has 2 saturated carbocycles. The molecule has 3 N–H and O–H groups in total. The van der Waals surface area contributed by atoms with E-state index in [1.54, 1.807) is 13.8 Å². The molecular weight excluding hydrogens is 488 g/mol. The Labute approximate surface area is 227 Å². The van der Waals surface area contributed by atoms with E-state index >= 15 is 0 Å². The summed E-state index contributed by atoms with van der Waals surface area (Å²) in [6.07, 6.45) is -0.567. The molecule has 9 nitrogen and oxygen atoms in total. The molecule has 8 atom stereocenters. The Kier molecular flexibility index (Phi) is 7.74. The highest BCUT2D eigenvalue weighted by Crippen LogP contribution is 2.67. The van der Waals surface area contributed by atoms with Gasteiger partial charge < -0.3 is 34.6 Å². The maximum Gasteiger partial charge on any atom is 0.306 e. The van der Waals surface area contributed by atoms with Gasteiger partial charge in [0.25, 0.3) is 0 Å². The Morgan fingerprint density at radius 3 is 2.39 bits per heavy atom. The second kappa shape index (κ2) is 9.93. The third-order valence-corrected chi connectivity index (χ3v) is 10.4. The van der Waals surface area contributed by atoms with Crippen LogP contribution in [0.25, 0.3) is 0 Å². The smallest absolute Gasteiger partial charge is 0.306 e. The van der Waals surface area contributed by atoms with Gasteiger partial charge in [-0.15, -0.1) is 6.58 Å². The van der Waals surface area contributed by atoms with E-state index in [9.17, 15) is 24.9 Å². The molecule has 216 valence electrons. The number of rotatable bonds is 6. The van der Waals surface area contributed by atoms with Crippen molar-refractivity contribution in [3.63, 3.8) is 0 Å². The number of hydrogen-bond acceptors (Lipinski definition) is 9. The molecule has 0 spiro atoms. The van der Waals surface area contributed by atoms with Crippen LogP contribution in [0.2, 0.25) is 0 Å². The molecule has 4 aliphatic rings. The highest BCUT2D eigenvalue weighted by molar-refractivity contribution is 5.92. The predicted molar refractivity (Wildman–Crippen MR) is 142 cm³/mol. The van der Waals surface area contributed by atoms with Crippen LogP contribution in [0.5, 0.6) is 0 Å². The number of fused-ring (bicyclic) bond motifs is 3. The van der Waals surface area contributed by atoms with Crippen molar-refractivity contribution in [1.82, 2.24) is 9.80 Å². The van der Waals surface area contributed by atoms with Gasteiger partial charge in [-0.2, -0.15) is 0 Å². The Balaban J connectivity index is 1.65. The monoisotopic (exact) mass is 536 g/mol. The fourth-order valence-electron chi connectivity index (χ4n) is 8.20. The lowest BCUT2D eigenvalue weighted by Gasteiger charge is -2.71. The SMILES string of the molecule is C=C[C@@]1(C)CC(=O)[C@]2(O)[C@@]3(C)[C@@H](O)CCC(C)(C)[C@@H]3[C@H](O)[C@H](OC(=O)CCCN3CCN(C)CC3)[C@@]2(C)O1. The quantitative estimate of drug-likeness (QED) is 0.343. The third-order valence-electron chi connectivity index (χ3n) is 10.4. The maximum atomic E-state index is 13.9. The van der Waals surface area contributed by atoms with E-state index in [1.807, 2.05) is 13.8 Å². The number of likely N-dealkylation sites (N-methyl/N-ethyl adjacent to an activating group) is 1. The molecule has 2 aliphatic heterocycles. The first-order valence-corrected chi connectivity index (χ1v) is 14.1. The maximum absolute atomic E-state index is 13.9. The number of aliphatic hydroxyl groups excluding tert-OH is 2. The van der Waals surface area contributed by atoms with Gasteiger partial charge in [-0.25, -0.2) is 0 Å². The van der Waals surface area contributed by atoms with Crippen LogP contribution in [0.15, 0.2) is 12.7 Å². The van der Waals surface area contributed by atoms with Crippen LogP contribution >= 0.6 is 0 Å². The fraction of sp³-hybridized carbons (Fsp3) is 0.862. The molecule has 0 amide bonds. The molecule has 0 aromatic rings. The number of aliphatic hydroxyl groups is 3. The zero-order valence-electron chi connectivity index (χ0n) is 24.0. The minimum atomic E-state index is -2.20. The summed E-state index contributed by atoms with van der Waals surface area (Å²) in [5.41, 5.74) is -7.11. The van der Waals surface area contributed by atoms with E-state index in [0.717, 1.165) is 32.7 Å². The zero-order chi connectivity index (χ0) is 28.3. The molecular formula is C29H48N2O7. The lowest BCUT2D eigenvalue weighted by atomic mass is 9.40. The van der Waals surface area contributed by atoms with Gasteiger partial charge in [-0.05, 0) is 52.1 Å². The van der Waals surface area contributed by atoms with Crippen LogP contribution in [-0.2, 0) is 19.1 Å². The van der Waals surface area contributed by atoms with Crippen molar-refractivity contribution < 1.29 is 34.4 Å². The van der Waals surface area contributed by atoms with Gasteiger partial charge >= 0.3 is 5.97 Å². The summed E-state index contributed by atoms with van der Waals surface area (Å²) in [6, 6.07) is 0. The number of Topliss-reactive ketones (excluding diaryl/α,β-unsaturated/α-hetero) is 1. The number of carbonyl (C=O) groups is 2. The van der Waals surface area contributed by atoms with Crippen molar-refractivity contribution in [2.24, 2.45) is 16.7 Å². The van der Waals surface area contributed by atoms with Crippen LogP contribution in [0.4, 0.5) is 0 Å². The number of hydrogen-bond donors (Lipinski definition) is 3. The number of ether oxygens (including phenoxy) is 2. The first kappa shape index (κ1) is 29.6. The van der Waals surface area contributed by atoms with E-state index in [-0.39, 0.29) is 12.8 Å². The Hall–Kier alpha value is -1.36. The normalized spacial score (nSPS) is 45.7.